The zero-order chi connectivity index (χ0) is 25.1. The zero-order valence-corrected chi connectivity index (χ0v) is 19.9. The Kier molecular flexibility index (Phi) is 10.3. The number of hydrogen-bond acceptors (Lipinski definition) is 6. The van der Waals surface area contributed by atoms with Crippen LogP contribution in [0, 0.1) is 13.8 Å². The van der Waals surface area contributed by atoms with E-state index in [9.17, 15) is 0 Å². The normalized spacial score (nSPS) is 10.5. The van der Waals surface area contributed by atoms with E-state index in [-0.39, 0.29) is 0 Å². The zero-order valence-electron chi connectivity index (χ0n) is 19.9. The highest BCUT2D eigenvalue weighted by atomic mass is 16.5. The topological polar surface area (TPSA) is 115 Å². The Bertz CT molecular complexity index is 1100. The molecule has 0 spiro atoms. The van der Waals surface area contributed by atoms with E-state index in [1.807, 2.05) is 31.2 Å². The van der Waals surface area contributed by atoms with Crippen molar-refractivity contribution in [1.82, 2.24) is 4.98 Å². The van der Waals surface area contributed by atoms with Gasteiger partial charge >= 0.3 is 11.9 Å². The molecule has 3 aromatic rings. The minimum atomic E-state index is -1.82. The fourth-order valence-corrected chi connectivity index (χ4v) is 3.06. The van der Waals surface area contributed by atoms with Crippen LogP contribution in [-0.2, 0) is 14.3 Å². The van der Waals surface area contributed by atoms with Crippen molar-refractivity contribution in [2.45, 2.75) is 33.6 Å². The molecule has 8 heteroatoms. The highest BCUT2D eigenvalue weighted by Crippen LogP contribution is 2.24. The number of aromatic nitrogens is 1. The van der Waals surface area contributed by atoms with Gasteiger partial charge in [0.2, 0.25) is 0 Å². The standard InChI is InChI=1S/C24H29NO3.C2H2O4/c1-17(2)21-14-18(3)15-22(16-21)27-12-10-26-11-13-28-23-7-5-6-20-9-8-19(4)25-24(20)23;3-1(4)2(5)6/h5-9,14-17H,10-13H2,1-4H3;(H,3,4)(H,5,6). The van der Waals surface area contributed by atoms with E-state index in [0.29, 0.717) is 32.3 Å². The summed E-state index contributed by atoms with van der Waals surface area (Å²) < 4.78 is 17.4. The number of aliphatic carboxylic acids is 2. The van der Waals surface area contributed by atoms with Crippen LogP contribution in [0.25, 0.3) is 10.9 Å². The van der Waals surface area contributed by atoms with Gasteiger partial charge in [0.15, 0.2) is 0 Å². The fraction of sp³-hybridized carbons (Fsp3) is 0.346. The number of nitrogens with zero attached hydrogens (tertiary/aromatic N) is 1. The van der Waals surface area contributed by atoms with Gasteiger partial charge in [0.25, 0.3) is 0 Å². The molecule has 0 bridgehead atoms. The number of carboxylic acids is 2. The molecule has 182 valence electrons. The Morgan fingerprint density at radius 2 is 1.56 bits per heavy atom. The fourth-order valence-electron chi connectivity index (χ4n) is 3.06. The van der Waals surface area contributed by atoms with Gasteiger partial charge in [-0.05, 0) is 55.2 Å². The molecule has 0 saturated carbocycles. The maximum atomic E-state index is 9.10. The van der Waals surface area contributed by atoms with Crippen molar-refractivity contribution in [3.8, 4) is 11.5 Å². The molecule has 0 radical (unpaired) electrons. The van der Waals surface area contributed by atoms with Gasteiger partial charge in [0.1, 0.15) is 30.2 Å². The molecule has 8 nitrogen and oxygen atoms in total. The number of aryl methyl sites for hydroxylation is 2. The number of pyridine rings is 1. The highest BCUT2D eigenvalue weighted by molar-refractivity contribution is 6.27. The quantitative estimate of drug-likeness (QED) is 0.345. The molecule has 0 fully saturated rings. The molecule has 1 heterocycles. The van der Waals surface area contributed by atoms with Crippen LogP contribution in [0.1, 0.15) is 36.6 Å². The Hall–Kier alpha value is -3.65. The molecular formula is C26H31NO7. The minimum absolute atomic E-state index is 0.483. The van der Waals surface area contributed by atoms with E-state index >= 15 is 0 Å². The van der Waals surface area contributed by atoms with E-state index in [1.165, 1.54) is 11.1 Å². The van der Waals surface area contributed by atoms with Crippen molar-refractivity contribution >= 4 is 22.8 Å². The monoisotopic (exact) mass is 469 g/mol. The van der Waals surface area contributed by atoms with Crippen LogP contribution < -0.4 is 9.47 Å². The number of ether oxygens (including phenoxy) is 3. The van der Waals surface area contributed by atoms with Gasteiger partial charge in [-0.3, -0.25) is 0 Å². The Morgan fingerprint density at radius 1 is 0.882 bits per heavy atom. The van der Waals surface area contributed by atoms with Gasteiger partial charge in [-0.15, -0.1) is 0 Å². The summed E-state index contributed by atoms with van der Waals surface area (Å²) >= 11 is 0. The van der Waals surface area contributed by atoms with E-state index in [0.717, 1.165) is 28.1 Å². The summed E-state index contributed by atoms with van der Waals surface area (Å²) in [6.07, 6.45) is 0. The van der Waals surface area contributed by atoms with Crippen LogP contribution in [0.5, 0.6) is 11.5 Å². The predicted octanol–water partition coefficient (Wildman–Crippen LogP) is 4.61. The van der Waals surface area contributed by atoms with Crippen LogP contribution in [0.3, 0.4) is 0 Å². The molecule has 0 atom stereocenters. The Labute approximate surface area is 199 Å². The van der Waals surface area contributed by atoms with E-state index < -0.39 is 11.9 Å². The lowest BCUT2D eigenvalue weighted by Gasteiger charge is -2.12. The van der Waals surface area contributed by atoms with Crippen LogP contribution in [-0.4, -0.2) is 53.6 Å². The largest absolute Gasteiger partial charge is 0.491 e. The van der Waals surface area contributed by atoms with Gasteiger partial charge in [-0.2, -0.15) is 0 Å². The SMILES string of the molecule is Cc1cc(OCCOCCOc2cccc3ccc(C)nc23)cc(C(C)C)c1.O=C(O)C(=O)O. The number of para-hydroxylation sites is 1. The molecule has 2 N–H and O–H groups in total. The summed E-state index contributed by atoms with van der Waals surface area (Å²) in [6.45, 7) is 10.5. The minimum Gasteiger partial charge on any atom is -0.491 e. The van der Waals surface area contributed by atoms with Crippen molar-refractivity contribution < 1.29 is 34.0 Å². The van der Waals surface area contributed by atoms with Crippen molar-refractivity contribution in [3.63, 3.8) is 0 Å². The summed E-state index contributed by atoms with van der Waals surface area (Å²) in [5.74, 6) is -1.46. The third-order valence-corrected chi connectivity index (χ3v) is 4.73. The number of benzene rings is 2. The lowest BCUT2D eigenvalue weighted by molar-refractivity contribution is -0.159. The second kappa shape index (κ2) is 13.2. The molecule has 2 aromatic carbocycles. The molecular weight excluding hydrogens is 438 g/mol. The van der Waals surface area contributed by atoms with Gasteiger partial charge in [0.05, 0.1) is 13.2 Å². The van der Waals surface area contributed by atoms with Crippen LogP contribution in [0.2, 0.25) is 0 Å². The van der Waals surface area contributed by atoms with Crippen LogP contribution >= 0.6 is 0 Å². The summed E-state index contributed by atoms with van der Waals surface area (Å²) in [7, 11) is 0. The summed E-state index contributed by atoms with van der Waals surface area (Å²) in [6, 6.07) is 16.4. The third-order valence-electron chi connectivity index (χ3n) is 4.73. The second-order valence-electron chi connectivity index (χ2n) is 7.93. The van der Waals surface area contributed by atoms with Crippen molar-refractivity contribution in [2.75, 3.05) is 26.4 Å². The van der Waals surface area contributed by atoms with Crippen molar-refractivity contribution in [1.29, 1.82) is 0 Å². The lowest BCUT2D eigenvalue weighted by atomic mass is 10.0. The number of fused-ring (bicyclic) bond motifs is 1. The van der Waals surface area contributed by atoms with Crippen molar-refractivity contribution in [3.05, 3.63) is 65.4 Å². The first-order chi connectivity index (χ1) is 16.2. The molecule has 0 aliphatic rings. The van der Waals surface area contributed by atoms with Crippen LogP contribution in [0.4, 0.5) is 0 Å². The second-order valence-corrected chi connectivity index (χ2v) is 7.93. The smallest absolute Gasteiger partial charge is 0.414 e. The molecule has 0 unspecified atom stereocenters. The number of hydrogen-bond donors (Lipinski definition) is 2. The van der Waals surface area contributed by atoms with Crippen molar-refractivity contribution in [2.24, 2.45) is 0 Å². The lowest BCUT2D eigenvalue weighted by Crippen LogP contribution is -2.12. The maximum absolute atomic E-state index is 9.10. The summed E-state index contributed by atoms with van der Waals surface area (Å²) in [5.41, 5.74) is 4.39. The van der Waals surface area contributed by atoms with E-state index in [4.69, 9.17) is 34.0 Å². The van der Waals surface area contributed by atoms with E-state index in [2.05, 4.69) is 50.0 Å². The Balaban J connectivity index is 0.000000604. The number of carboxylic acid groups (broad SMARTS) is 2. The molecule has 0 aliphatic heterocycles. The average Bonchev–Trinajstić information content (AvgIpc) is 2.78. The average molecular weight is 470 g/mol. The first-order valence-corrected chi connectivity index (χ1v) is 10.9. The highest BCUT2D eigenvalue weighted by Gasteiger charge is 2.06. The Morgan fingerprint density at radius 3 is 2.21 bits per heavy atom. The summed E-state index contributed by atoms with van der Waals surface area (Å²) in [4.78, 5) is 22.8. The predicted molar refractivity (Wildman–Crippen MR) is 129 cm³/mol. The maximum Gasteiger partial charge on any atom is 0.414 e. The third kappa shape index (κ3) is 8.71. The van der Waals surface area contributed by atoms with E-state index in [1.54, 1.807) is 0 Å². The first-order valence-electron chi connectivity index (χ1n) is 10.9. The van der Waals surface area contributed by atoms with Gasteiger partial charge in [-0.1, -0.05) is 38.1 Å². The van der Waals surface area contributed by atoms with Crippen LogP contribution in [0.15, 0.2) is 48.5 Å². The molecule has 3 rings (SSSR count). The number of rotatable bonds is 9. The van der Waals surface area contributed by atoms with Gasteiger partial charge in [-0.25, -0.2) is 14.6 Å². The van der Waals surface area contributed by atoms with Gasteiger partial charge < -0.3 is 24.4 Å². The number of carbonyl (C=O) groups is 2. The molecule has 0 aliphatic carbocycles. The molecule has 1 aromatic heterocycles. The first kappa shape index (κ1) is 26.6. The molecule has 0 amide bonds. The molecule has 0 saturated heterocycles. The molecule has 34 heavy (non-hydrogen) atoms. The van der Waals surface area contributed by atoms with Gasteiger partial charge in [0, 0.05) is 11.1 Å². The summed E-state index contributed by atoms with van der Waals surface area (Å²) in [5, 5.41) is 15.9.